The van der Waals surface area contributed by atoms with Crippen molar-refractivity contribution in [2.75, 3.05) is 0 Å². The minimum atomic E-state index is -0.0602. The van der Waals surface area contributed by atoms with Crippen LogP contribution in [0.3, 0.4) is 0 Å². The van der Waals surface area contributed by atoms with Crippen molar-refractivity contribution >= 4 is 22.2 Å². The Bertz CT molecular complexity index is 655. The van der Waals surface area contributed by atoms with E-state index >= 15 is 0 Å². The second-order valence-electron chi connectivity index (χ2n) is 4.32. The fourth-order valence-corrected chi connectivity index (χ4v) is 2.62. The van der Waals surface area contributed by atoms with Gasteiger partial charge in [0.1, 0.15) is 0 Å². The lowest BCUT2D eigenvalue weighted by atomic mass is 10.2. The summed E-state index contributed by atoms with van der Waals surface area (Å²) < 4.78 is 1.92. The second-order valence-corrected chi connectivity index (χ2v) is 5.20. The van der Waals surface area contributed by atoms with E-state index in [2.05, 4.69) is 20.5 Å². The zero-order chi connectivity index (χ0) is 13.2. The summed E-state index contributed by atoms with van der Waals surface area (Å²) in [5.41, 5.74) is 1.74. The molecule has 1 amide bonds. The predicted octanol–water partition coefficient (Wildman–Crippen LogP) is 1.54. The van der Waals surface area contributed by atoms with Crippen LogP contribution in [-0.4, -0.2) is 25.5 Å². The molecule has 0 radical (unpaired) electrons. The van der Waals surface area contributed by atoms with E-state index in [0.717, 1.165) is 16.2 Å². The highest BCUT2D eigenvalue weighted by Crippen LogP contribution is 2.13. The van der Waals surface area contributed by atoms with Crippen molar-refractivity contribution in [2.24, 2.45) is 0 Å². The topological polar surface area (TPSA) is 75.1 Å². The molecule has 1 atom stereocenters. The van der Waals surface area contributed by atoms with Crippen LogP contribution in [0, 0.1) is 0 Å². The van der Waals surface area contributed by atoms with Crippen molar-refractivity contribution in [1.29, 1.82) is 0 Å². The van der Waals surface area contributed by atoms with Gasteiger partial charge in [0.25, 0.3) is 0 Å². The summed E-state index contributed by atoms with van der Waals surface area (Å²) in [7, 11) is 0. The molecule has 19 heavy (non-hydrogen) atoms. The molecule has 1 unspecified atom stereocenters. The third-order valence-electron chi connectivity index (χ3n) is 2.88. The molecule has 3 aromatic rings. The molecular formula is C12H13N5OS. The van der Waals surface area contributed by atoms with Crippen LogP contribution in [0.15, 0.2) is 30.2 Å². The normalized spacial score (nSPS) is 12.7. The minimum Gasteiger partial charge on any atom is -0.349 e. The highest BCUT2D eigenvalue weighted by atomic mass is 32.1. The van der Waals surface area contributed by atoms with Gasteiger partial charge in [-0.2, -0.15) is 5.10 Å². The average molecular weight is 275 g/mol. The molecule has 0 bridgehead atoms. The molecule has 0 aliphatic carbocycles. The third kappa shape index (κ3) is 2.50. The first kappa shape index (κ1) is 11.9. The summed E-state index contributed by atoms with van der Waals surface area (Å²) in [5.74, 6) is -0.0422. The fourth-order valence-electron chi connectivity index (χ4n) is 1.90. The molecule has 0 saturated heterocycles. The van der Waals surface area contributed by atoms with Crippen molar-refractivity contribution in [3.8, 4) is 0 Å². The predicted molar refractivity (Wildman–Crippen MR) is 71.9 cm³/mol. The molecule has 0 fully saturated rings. The molecule has 6 nitrogen and oxygen atoms in total. The lowest BCUT2D eigenvalue weighted by Crippen LogP contribution is -2.28. The van der Waals surface area contributed by atoms with Gasteiger partial charge < -0.3 is 5.32 Å². The van der Waals surface area contributed by atoms with Crippen molar-refractivity contribution in [1.82, 2.24) is 24.9 Å². The van der Waals surface area contributed by atoms with Gasteiger partial charge in [-0.3, -0.25) is 14.3 Å². The molecule has 0 aromatic carbocycles. The average Bonchev–Trinajstić information content (AvgIpc) is 3.03. The number of imidazole rings is 1. The van der Waals surface area contributed by atoms with E-state index in [0.29, 0.717) is 0 Å². The summed E-state index contributed by atoms with van der Waals surface area (Å²) >= 11 is 1.55. The van der Waals surface area contributed by atoms with Crippen LogP contribution in [0.5, 0.6) is 0 Å². The first-order valence-electron chi connectivity index (χ1n) is 5.91. The maximum absolute atomic E-state index is 11.9. The van der Waals surface area contributed by atoms with Crippen LogP contribution in [-0.2, 0) is 11.2 Å². The first-order valence-corrected chi connectivity index (χ1v) is 6.79. The third-order valence-corrected chi connectivity index (χ3v) is 3.65. The lowest BCUT2D eigenvalue weighted by molar-refractivity contribution is -0.121. The number of nitrogens with one attached hydrogen (secondary N) is 2. The highest BCUT2D eigenvalue weighted by molar-refractivity contribution is 7.15. The second kappa shape index (κ2) is 4.85. The van der Waals surface area contributed by atoms with Gasteiger partial charge in [-0.15, -0.1) is 11.3 Å². The van der Waals surface area contributed by atoms with E-state index in [1.54, 1.807) is 23.7 Å². The molecule has 98 valence electrons. The smallest absolute Gasteiger partial charge is 0.226 e. The number of aromatic nitrogens is 4. The van der Waals surface area contributed by atoms with E-state index < -0.39 is 0 Å². The Morgan fingerprint density at radius 3 is 3.26 bits per heavy atom. The number of carbonyl (C=O) groups is 1. The van der Waals surface area contributed by atoms with Crippen molar-refractivity contribution < 1.29 is 4.79 Å². The maximum atomic E-state index is 11.9. The van der Waals surface area contributed by atoms with Crippen LogP contribution in [0.4, 0.5) is 0 Å². The maximum Gasteiger partial charge on any atom is 0.226 e. The number of H-pyrrole nitrogens is 1. The number of fused-ring (bicyclic) bond motifs is 1. The Kier molecular flexibility index (Phi) is 3.04. The van der Waals surface area contributed by atoms with Crippen LogP contribution >= 0.6 is 11.3 Å². The first-order chi connectivity index (χ1) is 9.22. The Morgan fingerprint density at radius 1 is 1.63 bits per heavy atom. The molecule has 3 aromatic heterocycles. The van der Waals surface area contributed by atoms with Crippen LogP contribution in [0.1, 0.15) is 24.2 Å². The molecule has 3 heterocycles. The van der Waals surface area contributed by atoms with Gasteiger partial charge in [0.2, 0.25) is 5.91 Å². The number of hydrogen-bond donors (Lipinski definition) is 2. The standard InChI is InChI=1S/C12H13N5OS/c1-8(9-5-13-14-6-9)15-11(18)4-10-7-17-2-3-19-12(17)16-10/h2-3,5-8H,4H2,1H3,(H,13,14)(H,15,18). The van der Waals surface area contributed by atoms with Crippen LogP contribution < -0.4 is 5.32 Å². The summed E-state index contributed by atoms with van der Waals surface area (Å²) in [6.07, 6.45) is 7.59. The van der Waals surface area contributed by atoms with E-state index in [4.69, 9.17) is 0 Å². The monoisotopic (exact) mass is 275 g/mol. The Hall–Kier alpha value is -2.15. The van der Waals surface area contributed by atoms with Gasteiger partial charge in [-0.1, -0.05) is 0 Å². The fraction of sp³-hybridized carbons (Fsp3) is 0.250. The number of carbonyl (C=O) groups excluding carboxylic acids is 1. The number of hydrogen-bond acceptors (Lipinski definition) is 4. The molecule has 0 spiro atoms. The number of nitrogens with zero attached hydrogens (tertiary/aromatic N) is 3. The zero-order valence-corrected chi connectivity index (χ0v) is 11.1. The van der Waals surface area contributed by atoms with Crippen LogP contribution in [0.25, 0.3) is 4.96 Å². The number of thiazole rings is 1. The van der Waals surface area contributed by atoms with Crippen molar-refractivity contribution in [3.63, 3.8) is 0 Å². The SMILES string of the molecule is CC(NC(=O)Cc1cn2ccsc2n1)c1cn[nH]c1. The number of amides is 1. The van der Waals surface area contributed by atoms with Gasteiger partial charge in [-0.25, -0.2) is 4.98 Å². The Balaban J connectivity index is 1.63. The molecule has 0 saturated carbocycles. The van der Waals surface area contributed by atoms with Gasteiger partial charge in [0.15, 0.2) is 4.96 Å². The molecule has 3 rings (SSSR count). The van der Waals surface area contributed by atoms with E-state index in [-0.39, 0.29) is 18.4 Å². The number of aromatic amines is 1. The summed E-state index contributed by atoms with van der Waals surface area (Å²) in [6.45, 7) is 1.93. The van der Waals surface area contributed by atoms with Crippen molar-refractivity contribution in [3.05, 3.63) is 41.4 Å². The van der Waals surface area contributed by atoms with E-state index in [9.17, 15) is 4.79 Å². The molecule has 0 aliphatic heterocycles. The summed E-state index contributed by atoms with van der Waals surface area (Å²) in [4.78, 5) is 17.2. The van der Waals surface area contributed by atoms with Crippen LogP contribution in [0.2, 0.25) is 0 Å². The zero-order valence-electron chi connectivity index (χ0n) is 10.3. The van der Waals surface area contributed by atoms with Gasteiger partial charge in [0, 0.05) is 29.5 Å². The van der Waals surface area contributed by atoms with Gasteiger partial charge in [0.05, 0.1) is 24.4 Å². The Labute approximate surface area is 113 Å². The molecule has 7 heteroatoms. The largest absolute Gasteiger partial charge is 0.349 e. The molecular weight excluding hydrogens is 262 g/mol. The van der Waals surface area contributed by atoms with Gasteiger partial charge >= 0.3 is 0 Å². The Morgan fingerprint density at radius 2 is 2.53 bits per heavy atom. The lowest BCUT2D eigenvalue weighted by Gasteiger charge is -2.11. The van der Waals surface area contributed by atoms with Crippen molar-refractivity contribution in [2.45, 2.75) is 19.4 Å². The number of rotatable bonds is 4. The quantitative estimate of drug-likeness (QED) is 0.758. The van der Waals surface area contributed by atoms with Gasteiger partial charge in [-0.05, 0) is 6.92 Å². The molecule has 2 N–H and O–H groups in total. The highest BCUT2D eigenvalue weighted by Gasteiger charge is 2.12. The van der Waals surface area contributed by atoms with E-state index in [1.165, 1.54) is 0 Å². The molecule has 0 aliphatic rings. The summed E-state index contributed by atoms with van der Waals surface area (Å²) in [5, 5.41) is 11.5. The summed E-state index contributed by atoms with van der Waals surface area (Å²) in [6, 6.07) is -0.0602. The minimum absolute atomic E-state index is 0.0422. The van der Waals surface area contributed by atoms with E-state index in [1.807, 2.05) is 29.1 Å².